The number of nitrogens with one attached hydrogen (secondary N) is 1. The lowest BCUT2D eigenvalue weighted by Crippen LogP contribution is -2.05. The van der Waals surface area contributed by atoms with E-state index < -0.39 is 11.7 Å². The van der Waals surface area contributed by atoms with Crippen LogP contribution >= 0.6 is 0 Å². The molecule has 0 amide bonds. The Morgan fingerprint density at radius 1 is 1.12 bits per heavy atom. The summed E-state index contributed by atoms with van der Waals surface area (Å²) in [5.74, 6) is 0. The van der Waals surface area contributed by atoms with E-state index in [0.29, 0.717) is 5.69 Å². The number of benzene rings is 1. The van der Waals surface area contributed by atoms with Gasteiger partial charge in [0.1, 0.15) is 5.65 Å². The Balaban J connectivity index is 1.71. The van der Waals surface area contributed by atoms with Crippen LogP contribution < -0.4 is 0 Å². The molecule has 24 heavy (non-hydrogen) atoms. The van der Waals surface area contributed by atoms with Crippen LogP contribution in [0.5, 0.6) is 0 Å². The van der Waals surface area contributed by atoms with E-state index in [1.165, 1.54) is 16.8 Å². The zero-order valence-corrected chi connectivity index (χ0v) is 12.2. The van der Waals surface area contributed by atoms with Gasteiger partial charge >= 0.3 is 6.18 Å². The zero-order valence-electron chi connectivity index (χ0n) is 12.2. The molecule has 0 spiro atoms. The molecular formula is C17H10F3N4. The molecule has 0 fully saturated rings. The predicted octanol–water partition coefficient (Wildman–Crippen LogP) is 4.23. The van der Waals surface area contributed by atoms with Crippen LogP contribution in [0.25, 0.3) is 27.8 Å². The van der Waals surface area contributed by atoms with Crippen molar-refractivity contribution in [2.75, 3.05) is 0 Å². The Hall–Kier alpha value is -3.09. The third-order valence-corrected chi connectivity index (χ3v) is 3.72. The molecule has 0 aliphatic rings. The summed E-state index contributed by atoms with van der Waals surface area (Å²) >= 11 is 0. The summed E-state index contributed by atoms with van der Waals surface area (Å²) in [6.07, 6.45) is 2.52. The van der Waals surface area contributed by atoms with Crippen molar-refractivity contribution >= 4 is 11.0 Å². The number of fused-ring (bicyclic) bond motifs is 1. The molecule has 7 heteroatoms. The standard InChI is InChI=1S/C17H10F3N4/c18-17(19,20)12-1-3-13(4-2-12)24-10-11(9-23-24)14-5-7-21-16-15(14)6-8-22-16/h1,3-10H,(H,21,22). The number of aromatic amines is 1. The molecule has 0 saturated heterocycles. The molecule has 4 nitrogen and oxygen atoms in total. The molecule has 4 aromatic rings. The van der Waals surface area contributed by atoms with Crippen molar-refractivity contribution in [3.63, 3.8) is 0 Å². The molecule has 1 radical (unpaired) electrons. The van der Waals surface area contributed by atoms with Crippen LogP contribution in [0.4, 0.5) is 13.2 Å². The molecule has 0 bridgehead atoms. The number of rotatable bonds is 2. The zero-order chi connectivity index (χ0) is 16.7. The van der Waals surface area contributed by atoms with E-state index in [0.717, 1.165) is 28.2 Å². The first kappa shape index (κ1) is 14.5. The van der Waals surface area contributed by atoms with Crippen molar-refractivity contribution in [2.45, 2.75) is 6.18 Å². The van der Waals surface area contributed by atoms with Crippen LogP contribution in [0.3, 0.4) is 0 Å². The van der Waals surface area contributed by atoms with Crippen LogP contribution in [-0.4, -0.2) is 19.7 Å². The van der Waals surface area contributed by atoms with Crippen LogP contribution in [0.1, 0.15) is 5.56 Å². The maximum atomic E-state index is 12.6. The molecule has 3 aromatic heterocycles. The minimum atomic E-state index is -4.40. The number of nitrogens with zero attached hydrogens (tertiary/aromatic N) is 3. The van der Waals surface area contributed by atoms with Gasteiger partial charge in [-0.05, 0) is 42.0 Å². The van der Waals surface area contributed by atoms with E-state index in [2.05, 4.69) is 21.1 Å². The van der Waals surface area contributed by atoms with Crippen LogP contribution in [0.2, 0.25) is 0 Å². The van der Waals surface area contributed by atoms with Crippen LogP contribution in [0, 0.1) is 6.07 Å². The lowest BCUT2D eigenvalue weighted by Gasteiger charge is -2.07. The molecule has 0 unspecified atom stereocenters. The van der Waals surface area contributed by atoms with E-state index in [-0.39, 0.29) is 0 Å². The summed E-state index contributed by atoms with van der Waals surface area (Å²) in [5, 5.41) is 5.19. The smallest absolute Gasteiger partial charge is 0.346 e. The topological polar surface area (TPSA) is 46.5 Å². The second-order valence-corrected chi connectivity index (χ2v) is 5.23. The molecule has 4 rings (SSSR count). The Morgan fingerprint density at radius 2 is 2.00 bits per heavy atom. The van der Waals surface area contributed by atoms with E-state index >= 15 is 0 Å². The fourth-order valence-electron chi connectivity index (χ4n) is 2.55. The minimum Gasteiger partial charge on any atom is -0.346 e. The average Bonchev–Trinajstić information content (AvgIpc) is 3.23. The third-order valence-electron chi connectivity index (χ3n) is 3.72. The van der Waals surface area contributed by atoms with Crippen LogP contribution in [0.15, 0.2) is 55.1 Å². The van der Waals surface area contributed by atoms with E-state index in [4.69, 9.17) is 0 Å². The second kappa shape index (κ2) is 5.23. The molecule has 3 heterocycles. The molecule has 1 N–H and O–H groups in total. The average molecular weight is 327 g/mol. The monoisotopic (exact) mass is 327 g/mol. The van der Waals surface area contributed by atoms with E-state index in [1.807, 2.05) is 12.1 Å². The highest BCUT2D eigenvalue weighted by atomic mass is 19.4. The molecule has 0 aliphatic carbocycles. The Labute approximate surface area is 134 Å². The summed E-state index contributed by atoms with van der Waals surface area (Å²) in [6.45, 7) is 0. The van der Waals surface area contributed by atoms with Crippen molar-refractivity contribution < 1.29 is 13.2 Å². The van der Waals surface area contributed by atoms with Gasteiger partial charge in [-0.2, -0.15) is 18.3 Å². The second-order valence-electron chi connectivity index (χ2n) is 5.23. The number of H-pyrrole nitrogens is 1. The van der Waals surface area contributed by atoms with E-state index in [1.54, 1.807) is 24.8 Å². The maximum Gasteiger partial charge on any atom is 0.417 e. The van der Waals surface area contributed by atoms with Gasteiger partial charge in [-0.15, -0.1) is 0 Å². The lowest BCUT2D eigenvalue weighted by molar-refractivity contribution is -0.137. The summed E-state index contributed by atoms with van der Waals surface area (Å²) < 4.78 is 39.3. The van der Waals surface area contributed by atoms with Gasteiger partial charge in [0.25, 0.3) is 0 Å². The first-order valence-corrected chi connectivity index (χ1v) is 7.09. The summed E-state index contributed by atoms with van der Waals surface area (Å²) in [6, 6.07) is 9.68. The van der Waals surface area contributed by atoms with Gasteiger partial charge in [0, 0.05) is 29.5 Å². The predicted molar refractivity (Wildman–Crippen MR) is 82.5 cm³/mol. The van der Waals surface area contributed by atoms with E-state index in [9.17, 15) is 13.2 Å². The highest BCUT2D eigenvalue weighted by Crippen LogP contribution is 2.30. The maximum absolute atomic E-state index is 12.6. The largest absolute Gasteiger partial charge is 0.417 e. The normalized spacial score (nSPS) is 12.0. The Morgan fingerprint density at radius 3 is 2.75 bits per heavy atom. The van der Waals surface area contributed by atoms with Gasteiger partial charge in [0.2, 0.25) is 0 Å². The molecule has 119 valence electrons. The van der Waals surface area contributed by atoms with Crippen molar-refractivity contribution in [1.82, 2.24) is 19.7 Å². The summed E-state index contributed by atoms with van der Waals surface area (Å²) in [5.41, 5.74) is 2.27. The first-order valence-electron chi connectivity index (χ1n) is 7.09. The summed E-state index contributed by atoms with van der Waals surface area (Å²) in [4.78, 5) is 7.27. The number of halogens is 3. The first-order chi connectivity index (χ1) is 11.5. The lowest BCUT2D eigenvalue weighted by atomic mass is 10.1. The van der Waals surface area contributed by atoms with Crippen molar-refractivity contribution in [3.8, 4) is 16.8 Å². The third kappa shape index (κ3) is 2.44. The van der Waals surface area contributed by atoms with Gasteiger partial charge in [-0.1, -0.05) is 0 Å². The molecule has 1 aromatic carbocycles. The van der Waals surface area contributed by atoms with Gasteiger partial charge < -0.3 is 4.98 Å². The van der Waals surface area contributed by atoms with Gasteiger partial charge in [-0.3, -0.25) is 0 Å². The fraction of sp³-hybridized carbons (Fsp3) is 0.0588. The molecular weight excluding hydrogens is 317 g/mol. The highest BCUT2D eigenvalue weighted by molar-refractivity contribution is 5.92. The van der Waals surface area contributed by atoms with Crippen molar-refractivity contribution in [2.24, 2.45) is 0 Å². The quantitative estimate of drug-likeness (QED) is 0.599. The van der Waals surface area contributed by atoms with Gasteiger partial charge in [-0.25, -0.2) is 9.67 Å². The molecule has 0 atom stereocenters. The van der Waals surface area contributed by atoms with Gasteiger partial charge in [0.05, 0.1) is 17.4 Å². The number of hydrogen-bond donors (Lipinski definition) is 1. The minimum absolute atomic E-state index is 0.508. The molecule has 0 saturated carbocycles. The van der Waals surface area contributed by atoms with Gasteiger partial charge in [0.15, 0.2) is 0 Å². The highest BCUT2D eigenvalue weighted by Gasteiger charge is 2.30. The fourth-order valence-corrected chi connectivity index (χ4v) is 2.55. The van der Waals surface area contributed by atoms with Crippen molar-refractivity contribution in [1.29, 1.82) is 0 Å². The Kier molecular flexibility index (Phi) is 3.16. The molecule has 0 aliphatic heterocycles. The Bertz CT molecular complexity index is 997. The number of aromatic nitrogens is 4. The SMILES string of the molecule is FC(F)(F)c1[c]cc(-n2cc(-c3ccnc4[nH]ccc34)cn2)cc1. The number of pyridine rings is 1. The van der Waals surface area contributed by atoms with Crippen LogP contribution in [-0.2, 0) is 6.18 Å². The van der Waals surface area contributed by atoms with Crippen molar-refractivity contribution in [3.05, 3.63) is 66.7 Å². The number of alkyl halides is 3. The summed E-state index contributed by atoms with van der Waals surface area (Å²) in [7, 11) is 0. The number of hydrogen-bond acceptors (Lipinski definition) is 2.